The van der Waals surface area contributed by atoms with Gasteiger partial charge in [-0.1, -0.05) is 0 Å². The van der Waals surface area contributed by atoms with Crippen molar-refractivity contribution in [3.63, 3.8) is 0 Å². The van der Waals surface area contributed by atoms with Gasteiger partial charge in [-0.05, 0) is 20.9 Å². The summed E-state index contributed by atoms with van der Waals surface area (Å²) in [5, 5.41) is 20.8. The highest BCUT2D eigenvalue weighted by Crippen LogP contribution is 2.04. The first-order valence-corrected chi connectivity index (χ1v) is 4.94. The van der Waals surface area contributed by atoms with Gasteiger partial charge in [-0.3, -0.25) is 0 Å². The number of aromatic nitrogens is 2. The Balaban J connectivity index is 2.56. The molecule has 0 radical (unpaired) electrons. The van der Waals surface area contributed by atoms with E-state index in [4.69, 9.17) is 14.8 Å². The van der Waals surface area contributed by atoms with Gasteiger partial charge >= 0.3 is 13.1 Å². The highest BCUT2D eigenvalue weighted by molar-refractivity contribution is 6.58. The maximum atomic E-state index is 8.84. The molecular formula is C9H16BN3O3. The Labute approximate surface area is 94.8 Å². The normalized spacial score (nSPS) is 11.3. The highest BCUT2D eigenvalue weighted by Gasteiger charge is 2.17. The topological polar surface area (TPSA) is 87.5 Å². The third-order valence-corrected chi connectivity index (χ3v) is 2.19. The van der Waals surface area contributed by atoms with Crippen molar-refractivity contribution in [1.82, 2.24) is 15.3 Å². The number of nitrogens with zero attached hydrogens (tertiary/aromatic N) is 2. The molecule has 0 spiro atoms. The quantitative estimate of drug-likeness (QED) is 0.530. The number of nitrogens with one attached hydrogen (secondary N) is 1. The molecule has 0 amide bonds. The Morgan fingerprint density at radius 2 is 1.94 bits per heavy atom. The monoisotopic (exact) mass is 225 g/mol. The fourth-order valence-electron chi connectivity index (χ4n) is 0.851. The summed E-state index contributed by atoms with van der Waals surface area (Å²) < 4.78 is 5.35. The molecule has 0 saturated carbocycles. The second-order valence-electron chi connectivity index (χ2n) is 4.10. The molecule has 0 bridgehead atoms. The van der Waals surface area contributed by atoms with Crippen molar-refractivity contribution in [3.05, 3.63) is 12.4 Å². The summed E-state index contributed by atoms with van der Waals surface area (Å²) in [5.74, 6) is 0. The third-order valence-electron chi connectivity index (χ3n) is 2.19. The zero-order valence-corrected chi connectivity index (χ0v) is 9.64. The second kappa shape index (κ2) is 5.24. The first kappa shape index (κ1) is 12.9. The number of hydrogen-bond acceptors (Lipinski definition) is 6. The molecule has 3 N–H and O–H groups in total. The van der Waals surface area contributed by atoms with Gasteiger partial charge in [0.1, 0.15) is 6.61 Å². The Bertz CT molecular complexity index is 329. The van der Waals surface area contributed by atoms with Gasteiger partial charge in [-0.15, -0.1) is 0 Å². The molecule has 0 aliphatic rings. The van der Waals surface area contributed by atoms with Crippen LogP contribution in [0.1, 0.15) is 13.8 Å². The molecule has 16 heavy (non-hydrogen) atoms. The van der Waals surface area contributed by atoms with E-state index < -0.39 is 7.12 Å². The molecule has 0 atom stereocenters. The summed E-state index contributed by atoms with van der Waals surface area (Å²) in [6.07, 6.45) is 2.64. The van der Waals surface area contributed by atoms with Crippen molar-refractivity contribution < 1.29 is 14.8 Å². The average Bonchev–Trinajstić information content (AvgIpc) is 2.27. The van der Waals surface area contributed by atoms with E-state index in [0.717, 1.165) is 0 Å². The van der Waals surface area contributed by atoms with E-state index in [-0.39, 0.29) is 17.0 Å². The molecule has 1 heterocycles. The van der Waals surface area contributed by atoms with Crippen molar-refractivity contribution in [2.45, 2.75) is 19.4 Å². The summed E-state index contributed by atoms with van der Waals surface area (Å²) in [6.45, 7) is 4.39. The summed E-state index contributed by atoms with van der Waals surface area (Å²) in [6, 6.07) is 0.215. The molecule has 1 rings (SSSR count). The average molecular weight is 225 g/mol. The zero-order chi connectivity index (χ0) is 12.2. The van der Waals surface area contributed by atoms with Gasteiger partial charge in [-0.2, -0.15) is 0 Å². The standard InChI is InChI=1S/C9H16BN3O3/c1-9(2,11-3)6-16-8-12-4-7(5-13-8)10(14)15/h4-5,11,14-15H,6H2,1-3H3. The number of hydrogen-bond donors (Lipinski definition) is 3. The minimum atomic E-state index is -1.55. The molecule has 0 aromatic carbocycles. The van der Waals surface area contributed by atoms with E-state index in [1.165, 1.54) is 12.4 Å². The van der Waals surface area contributed by atoms with Crippen LogP contribution in [0.3, 0.4) is 0 Å². The fraction of sp³-hybridized carbons (Fsp3) is 0.556. The highest BCUT2D eigenvalue weighted by atomic mass is 16.5. The molecule has 0 unspecified atom stereocenters. The van der Waals surface area contributed by atoms with Gasteiger partial charge in [0.15, 0.2) is 0 Å². The van der Waals surface area contributed by atoms with Crippen LogP contribution in [-0.4, -0.2) is 46.3 Å². The van der Waals surface area contributed by atoms with Crippen LogP contribution < -0.4 is 15.5 Å². The molecule has 0 aliphatic carbocycles. The zero-order valence-electron chi connectivity index (χ0n) is 9.64. The molecule has 88 valence electrons. The minimum absolute atomic E-state index is 0.168. The number of ether oxygens (including phenoxy) is 1. The van der Waals surface area contributed by atoms with Gasteiger partial charge in [0.05, 0.1) is 0 Å². The SMILES string of the molecule is CNC(C)(C)COc1ncc(B(O)O)cn1. The van der Waals surface area contributed by atoms with Crippen molar-refractivity contribution in [3.8, 4) is 6.01 Å². The lowest BCUT2D eigenvalue weighted by Crippen LogP contribution is -2.42. The van der Waals surface area contributed by atoms with Gasteiger partial charge in [0.2, 0.25) is 0 Å². The van der Waals surface area contributed by atoms with Crippen LogP contribution in [0.15, 0.2) is 12.4 Å². The molecule has 0 fully saturated rings. The largest absolute Gasteiger partial charge is 0.491 e. The fourth-order valence-corrected chi connectivity index (χ4v) is 0.851. The van der Waals surface area contributed by atoms with Gasteiger partial charge < -0.3 is 20.1 Å². The van der Waals surface area contributed by atoms with Crippen LogP contribution in [0.5, 0.6) is 6.01 Å². The lowest BCUT2D eigenvalue weighted by molar-refractivity contribution is 0.203. The van der Waals surface area contributed by atoms with Crippen LogP contribution in [0, 0.1) is 0 Å². The first-order chi connectivity index (χ1) is 7.44. The maximum Gasteiger partial charge on any atom is 0.491 e. The molecular weight excluding hydrogens is 209 g/mol. The van der Waals surface area contributed by atoms with E-state index in [1.54, 1.807) is 0 Å². The summed E-state index contributed by atoms with van der Waals surface area (Å²) in [4.78, 5) is 7.71. The van der Waals surface area contributed by atoms with E-state index >= 15 is 0 Å². The molecule has 1 aromatic rings. The second-order valence-corrected chi connectivity index (χ2v) is 4.10. The van der Waals surface area contributed by atoms with Crippen LogP contribution in [0.25, 0.3) is 0 Å². The summed E-state index contributed by atoms with van der Waals surface area (Å²) in [5.41, 5.74) is 0.0682. The smallest absolute Gasteiger partial charge is 0.462 e. The maximum absolute atomic E-state index is 8.84. The van der Waals surface area contributed by atoms with Crippen LogP contribution in [0.2, 0.25) is 0 Å². The van der Waals surface area contributed by atoms with Crippen molar-refractivity contribution in [2.75, 3.05) is 13.7 Å². The van der Waals surface area contributed by atoms with E-state index in [0.29, 0.717) is 6.61 Å². The van der Waals surface area contributed by atoms with Crippen LogP contribution >= 0.6 is 0 Å². The molecule has 1 aromatic heterocycles. The van der Waals surface area contributed by atoms with Crippen molar-refractivity contribution in [2.24, 2.45) is 0 Å². The number of rotatable bonds is 5. The predicted molar refractivity (Wildman–Crippen MR) is 60.5 cm³/mol. The lowest BCUT2D eigenvalue weighted by atomic mass is 9.83. The Morgan fingerprint density at radius 1 is 1.38 bits per heavy atom. The van der Waals surface area contributed by atoms with Gasteiger partial charge in [-0.25, -0.2) is 9.97 Å². The third kappa shape index (κ3) is 3.76. The molecule has 0 aliphatic heterocycles. The van der Waals surface area contributed by atoms with E-state index in [9.17, 15) is 0 Å². The van der Waals surface area contributed by atoms with E-state index in [1.807, 2.05) is 20.9 Å². The van der Waals surface area contributed by atoms with Crippen LogP contribution in [-0.2, 0) is 0 Å². The number of likely N-dealkylation sites (N-methyl/N-ethyl adjacent to an activating group) is 1. The summed E-state index contributed by atoms with van der Waals surface area (Å²) >= 11 is 0. The Kier molecular flexibility index (Phi) is 4.22. The molecule has 6 nitrogen and oxygen atoms in total. The van der Waals surface area contributed by atoms with Crippen molar-refractivity contribution >= 4 is 12.6 Å². The predicted octanol–water partition coefficient (Wildman–Crippen LogP) is -1.47. The van der Waals surface area contributed by atoms with Gasteiger partial charge in [0.25, 0.3) is 0 Å². The Morgan fingerprint density at radius 3 is 2.38 bits per heavy atom. The lowest BCUT2D eigenvalue weighted by Gasteiger charge is -2.23. The van der Waals surface area contributed by atoms with Crippen molar-refractivity contribution in [1.29, 1.82) is 0 Å². The van der Waals surface area contributed by atoms with Gasteiger partial charge in [0, 0.05) is 23.4 Å². The van der Waals surface area contributed by atoms with E-state index in [2.05, 4.69) is 15.3 Å². The van der Waals surface area contributed by atoms with Crippen LogP contribution in [0.4, 0.5) is 0 Å². The molecule has 0 saturated heterocycles. The first-order valence-electron chi connectivity index (χ1n) is 4.94. The molecule has 7 heteroatoms. The summed E-state index contributed by atoms with van der Waals surface area (Å²) in [7, 11) is 0.290. The minimum Gasteiger partial charge on any atom is -0.462 e. The Hall–Kier alpha value is -1.18.